The van der Waals surface area contributed by atoms with Crippen LogP contribution in [0.1, 0.15) is 24.5 Å². The molecule has 0 heterocycles. The van der Waals surface area contributed by atoms with Crippen molar-refractivity contribution in [1.29, 1.82) is 0 Å². The summed E-state index contributed by atoms with van der Waals surface area (Å²) >= 11 is 0. The summed E-state index contributed by atoms with van der Waals surface area (Å²) in [5.74, 6) is -0.347. The molecule has 0 aromatic heterocycles. The van der Waals surface area contributed by atoms with Crippen molar-refractivity contribution >= 4 is 17.7 Å². The highest BCUT2D eigenvalue weighted by Gasteiger charge is 2.12. The highest BCUT2D eigenvalue weighted by atomic mass is 16.6. The van der Waals surface area contributed by atoms with Crippen LogP contribution in [0.3, 0.4) is 0 Å². The quantitative estimate of drug-likeness (QED) is 0.483. The number of nitrogens with zero attached hydrogens (tertiary/aromatic N) is 1. The Morgan fingerprint density at radius 2 is 2.26 bits per heavy atom. The van der Waals surface area contributed by atoms with E-state index in [0.717, 1.165) is 0 Å². The van der Waals surface area contributed by atoms with E-state index >= 15 is 0 Å². The van der Waals surface area contributed by atoms with E-state index in [1.165, 1.54) is 12.1 Å². The number of nitro groups is 1. The molecule has 102 valence electrons. The number of carbonyl (C=O) groups excluding carboxylic acids is 1. The summed E-state index contributed by atoms with van der Waals surface area (Å²) in [4.78, 5) is 21.3. The van der Waals surface area contributed by atoms with Gasteiger partial charge in [0.2, 0.25) is 0 Å². The number of hydrogen-bond donors (Lipinski definition) is 1. The average molecular weight is 265 g/mol. The van der Waals surface area contributed by atoms with Gasteiger partial charge in [-0.15, -0.1) is 0 Å². The van der Waals surface area contributed by atoms with Crippen LogP contribution in [0.25, 0.3) is 6.08 Å². The third-order valence-electron chi connectivity index (χ3n) is 2.38. The molecule has 0 unspecified atom stereocenters. The van der Waals surface area contributed by atoms with Crippen molar-refractivity contribution in [2.75, 3.05) is 6.61 Å². The Morgan fingerprint density at radius 3 is 2.84 bits per heavy atom. The molecule has 0 saturated heterocycles. The van der Waals surface area contributed by atoms with E-state index in [1.807, 2.05) is 0 Å². The first-order valence-electron chi connectivity index (χ1n) is 5.78. The maximum absolute atomic E-state index is 11.1. The van der Waals surface area contributed by atoms with E-state index in [2.05, 4.69) is 0 Å². The molecule has 1 aromatic carbocycles. The Hall–Kier alpha value is -2.21. The monoisotopic (exact) mass is 265 g/mol. The van der Waals surface area contributed by atoms with E-state index < -0.39 is 4.92 Å². The lowest BCUT2D eigenvalue weighted by molar-refractivity contribution is -0.385. The highest BCUT2D eigenvalue weighted by molar-refractivity contribution is 5.72. The predicted octanol–water partition coefficient (Wildman–Crippen LogP) is 2.05. The van der Waals surface area contributed by atoms with Gasteiger partial charge in [0.1, 0.15) is 0 Å². The minimum absolute atomic E-state index is 0.114. The number of aliphatic hydroxyl groups excluding tert-OH is 1. The Labute approximate surface area is 110 Å². The molecule has 19 heavy (non-hydrogen) atoms. The third kappa shape index (κ3) is 4.51. The third-order valence-corrected chi connectivity index (χ3v) is 2.38. The van der Waals surface area contributed by atoms with E-state index in [0.29, 0.717) is 12.2 Å². The summed E-state index contributed by atoms with van der Waals surface area (Å²) in [5, 5.41) is 19.8. The summed E-state index contributed by atoms with van der Waals surface area (Å²) in [5.41, 5.74) is 0.710. The molecule has 0 aliphatic carbocycles. The number of esters is 1. The van der Waals surface area contributed by atoms with E-state index in [9.17, 15) is 14.9 Å². The molecular formula is C13H15NO5. The van der Waals surface area contributed by atoms with Gasteiger partial charge >= 0.3 is 5.97 Å². The van der Waals surface area contributed by atoms with Gasteiger partial charge in [0.05, 0.1) is 30.1 Å². The van der Waals surface area contributed by atoms with Crippen molar-refractivity contribution in [3.63, 3.8) is 0 Å². The van der Waals surface area contributed by atoms with Crippen molar-refractivity contribution in [3.05, 3.63) is 45.5 Å². The molecule has 6 heteroatoms. The standard InChI is InChI=1S/C13H15NO5/c1-2-19-13(16)5-3-4-10-6-7-11(9-15)12(8-10)14(17)18/h3-4,6-8,15H,2,5,9H2,1H3. The molecule has 0 spiro atoms. The number of aliphatic hydroxyl groups is 1. The zero-order valence-electron chi connectivity index (χ0n) is 10.5. The molecule has 0 atom stereocenters. The number of rotatable bonds is 6. The maximum Gasteiger partial charge on any atom is 0.309 e. The van der Waals surface area contributed by atoms with E-state index in [1.54, 1.807) is 25.1 Å². The van der Waals surface area contributed by atoms with Crippen molar-refractivity contribution in [2.45, 2.75) is 20.0 Å². The summed E-state index contributed by atoms with van der Waals surface area (Å²) in [6.07, 6.45) is 3.30. The van der Waals surface area contributed by atoms with Crippen LogP contribution >= 0.6 is 0 Å². The lowest BCUT2D eigenvalue weighted by atomic mass is 10.1. The zero-order valence-corrected chi connectivity index (χ0v) is 10.5. The largest absolute Gasteiger partial charge is 0.466 e. The first kappa shape index (κ1) is 14.8. The molecule has 0 radical (unpaired) electrons. The second-order valence-corrected chi connectivity index (χ2v) is 3.71. The summed E-state index contributed by atoms with van der Waals surface area (Å²) in [7, 11) is 0. The maximum atomic E-state index is 11.1. The van der Waals surface area contributed by atoms with Crippen molar-refractivity contribution in [2.24, 2.45) is 0 Å². The lowest BCUT2D eigenvalue weighted by Crippen LogP contribution is -2.01. The Kier molecular flexibility index (Phi) is 5.69. The Morgan fingerprint density at radius 1 is 1.53 bits per heavy atom. The van der Waals surface area contributed by atoms with Crippen LogP contribution in [0.2, 0.25) is 0 Å². The van der Waals surface area contributed by atoms with E-state index in [4.69, 9.17) is 9.84 Å². The lowest BCUT2D eigenvalue weighted by Gasteiger charge is -2.01. The van der Waals surface area contributed by atoms with Crippen LogP contribution in [-0.2, 0) is 16.1 Å². The molecule has 1 aromatic rings. The molecule has 0 aliphatic rings. The number of nitro benzene ring substituents is 1. The van der Waals surface area contributed by atoms with Crippen LogP contribution in [0, 0.1) is 10.1 Å². The number of benzene rings is 1. The smallest absolute Gasteiger partial charge is 0.309 e. The predicted molar refractivity (Wildman–Crippen MR) is 69.3 cm³/mol. The van der Waals surface area contributed by atoms with Crippen molar-refractivity contribution < 1.29 is 19.6 Å². The molecule has 0 bridgehead atoms. The molecule has 0 fully saturated rings. The number of ether oxygens (including phenoxy) is 1. The normalized spacial score (nSPS) is 10.6. The molecule has 0 saturated carbocycles. The Balaban J connectivity index is 2.79. The molecular weight excluding hydrogens is 250 g/mol. The van der Waals surface area contributed by atoms with Gasteiger partial charge in [-0.2, -0.15) is 0 Å². The number of carbonyl (C=O) groups is 1. The minimum Gasteiger partial charge on any atom is -0.466 e. The van der Waals surface area contributed by atoms with Crippen LogP contribution in [0.4, 0.5) is 5.69 Å². The van der Waals surface area contributed by atoms with Gasteiger partial charge < -0.3 is 9.84 Å². The summed E-state index contributed by atoms with van der Waals surface area (Å²) in [6, 6.07) is 4.48. The van der Waals surface area contributed by atoms with Crippen molar-refractivity contribution in [3.8, 4) is 0 Å². The van der Waals surface area contributed by atoms with Gasteiger partial charge in [-0.3, -0.25) is 14.9 Å². The average Bonchev–Trinajstić information content (AvgIpc) is 2.38. The molecule has 0 amide bonds. The van der Waals surface area contributed by atoms with Crippen molar-refractivity contribution in [1.82, 2.24) is 0 Å². The molecule has 1 rings (SSSR count). The second kappa shape index (κ2) is 7.27. The van der Waals surface area contributed by atoms with Crippen LogP contribution in [0.5, 0.6) is 0 Å². The van der Waals surface area contributed by atoms with Gasteiger partial charge in [0, 0.05) is 6.07 Å². The fourth-order valence-electron chi connectivity index (χ4n) is 1.50. The highest BCUT2D eigenvalue weighted by Crippen LogP contribution is 2.21. The summed E-state index contributed by atoms with van der Waals surface area (Å²) in [6.45, 7) is 1.66. The molecule has 0 aliphatic heterocycles. The second-order valence-electron chi connectivity index (χ2n) is 3.71. The fourth-order valence-corrected chi connectivity index (χ4v) is 1.50. The van der Waals surface area contributed by atoms with E-state index in [-0.39, 0.29) is 30.2 Å². The minimum atomic E-state index is -0.547. The van der Waals surface area contributed by atoms with Crippen LogP contribution in [-0.4, -0.2) is 22.6 Å². The van der Waals surface area contributed by atoms with Gasteiger partial charge in [-0.1, -0.05) is 18.2 Å². The topological polar surface area (TPSA) is 89.7 Å². The first-order valence-corrected chi connectivity index (χ1v) is 5.78. The van der Waals surface area contributed by atoms with Gasteiger partial charge in [-0.05, 0) is 18.6 Å². The SMILES string of the molecule is CCOC(=O)CC=Cc1ccc(CO)c([N+](=O)[O-])c1. The van der Waals surface area contributed by atoms with Gasteiger partial charge in [-0.25, -0.2) is 0 Å². The molecule has 6 nitrogen and oxygen atoms in total. The molecule has 1 N–H and O–H groups in total. The van der Waals surface area contributed by atoms with Crippen LogP contribution < -0.4 is 0 Å². The van der Waals surface area contributed by atoms with Crippen LogP contribution in [0.15, 0.2) is 24.3 Å². The Bertz CT molecular complexity index is 496. The number of hydrogen-bond acceptors (Lipinski definition) is 5. The summed E-state index contributed by atoms with van der Waals surface area (Å²) < 4.78 is 4.75. The zero-order chi connectivity index (χ0) is 14.3. The van der Waals surface area contributed by atoms with Gasteiger partial charge in [0.25, 0.3) is 5.69 Å². The fraction of sp³-hybridized carbons (Fsp3) is 0.308. The first-order chi connectivity index (χ1) is 9.08. The van der Waals surface area contributed by atoms with Gasteiger partial charge in [0.15, 0.2) is 0 Å².